The number of hydrogen-bond donors (Lipinski definition) is 3. The summed E-state index contributed by atoms with van der Waals surface area (Å²) in [6, 6.07) is 10.0. The number of carbonyl (C=O) groups is 1. The molecule has 0 bridgehead atoms. The third-order valence-corrected chi connectivity index (χ3v) is 3.95. The maximum atomic E-state index is 12.1. The molecule has 3 rings (SSSR count). The van der Waals surface area contributed by atoms with Gasteiger partial charge < -0.3 is 15.3 Å². The minimum atomic E-state index is -1.36. The zero-order valence-electron chi connectivity index (χ0n) is 14.5. The summed E-state index contributed by atoms with van der Waals surface area (Å²) in [7, 11) is 0. The van der Waals surface area contributed by atoms with Crippen molar-refractivity contribution < 1.29 is 20.1 Å². The Morgan fingerprint density at radius 1 is 1.18 bits per heavy atom. The summed E-state index contributed by atoms with van der Waals surface area (Å²) in [6.07, 6.45) is 0.994. The summed E-state index contributed by atoms with van der Waals surface area (Å²) in [4.78, 5) is 41.1. The van der Waals surface area contributed by atoms with Crippen molar-refractivity contribution in [3.63, 3.8) is 0 Å². The van der Waals surface area contributed by atoms with Crippen molar-refractivity contribution in [3.8, 4) is 17.3 Å². The highest BCUT2D eigenvalue weighted by atomic mass is 16.4. The summed E-state index contributed by atoms with van der Waals surface area (Å²) in [5.41, 5.74) is -1.02. The average Bonchev–Trinajstić information content (AvgIpc) is 2.62. The molecule has 9 nitrogen and oxygen atoms in total. The lowest BCUT2D eigenvalue weighted by atomic mass is 10.2. The second-order valence-corrected chi connectivity index (χ2v) is 5.91. The largest absolute Gasteiger partial charge is 0.872 e. The molecule has 1 heterocycles. The fraction of sp³-hybridized carbons (Fsp3) is 0.0526. The Hall–Kier alpha value is -4.14. The van der Waals surface area contributed by atoms with E-state index in [0.717, 1.165) is 28.5 Å². The standard InChI is InChI=1S/C19H15N3O6/c1-10-2-5-12(6-3-10)22-17(25)14(16(24)21-19(22)28)9-20-11-4-7-13(18(26)27)15(23)8-11/h2-9,23,25H,1H3,(H,26,27)(H,21,24,28)/p-1. The molecule has 3 N–H and O–H groups in total. The smallest absolute Gasteiger partial charge is 0.335 e. The molecule has 0 spiro atoms. The Morgan fingerprint density at radius 2 is 1.86 bits per heavy atom. The van der Waals surface area contributed by atoms with Gasteiger partial charge in [-0.1, -0.05) is 23.4 Å². The Morgan fingerprint density at radius 3 is 2.46 bits per heavy atom. The number of aliphatic imine (C=N–C) groups is 1. The van der Waals surface area contributed by atoms with Gasteiger partial charge in [0.25, 0.3) is 5.56 Å². The lowest BCUT2D eigenvalue weighted by Crippen LogP contribution is -2.31. The molecule has 142 valence electrons. The van der Waals surface area contributed by atoms with Gasteiger partial charge in [-0.3, -0.25) is 14.8 Å². The highest BCUT2D eigenvalue weighted by Crippen LogP contribution is 2.22. The predicted octanol–water partition coefficient (Wildman–Crippen LogP) is 1.06. The van der Waals surface area contributed by atoms with Crippen molar-refractivity contribution >= 4 is 17.9 Å². The van der Waals surface area contributed by atoms with Gasteiger partial charge >= 0.3 is 11.7 Å². The van der Waals surface area contributed by atoms with E-state index in [1.807, 2.05) is 6.92 Å². The van der Waals surface area contributed by atoms with Crippen LogP contribution in [-0.4, -0.2) is 31.9 Å². The molecule has 0 aliphatic heterocycles. The van der Waals surface area contributed by atoms with Crippen LogP contribution in [0.3, 0.4) is 0 Å². The van der Waals surface area contributed by atoms with E-state index in [1.165, 1.54) is 6.07 Å². The maximum absolute atomic E-state index is 12.1. The van der Waals surface area contributed by atoms with E-state index in [1.54, 1.807) is 24.3 Å². The Labute approximate surface area is 157 Å². The molecule has 0 aliphatic rings. The first-order valence-electron chi connectivity index (χ1n) is 8.01. The average molecular weight is 380 g/mol. The number of hydrogen-bond acceptors (Lipinski definition) is 6. The molecule has 0 aliphatic carbocycles. The number of benzene rings is 2. The van der Waals surface area contributed by atoms with Crippen LogP contribution >= 0.6 is 0 Å². The van der Waals surface area contributed by atoms with Crippen molar-refractivity contribution in [2.75, 3.05) is 0 Å². The zero-order chi connectivity index (χ0) is 20.4. The fourth-order valence-corrected chi connectivity index (χ4v) is 2.50. The third-order valence-electron chi connectivity index (χ3n) is 3.95. The third kappa shape index (κ3) is 3.54. The number of aromatic hydroxyl groups is 1. The number of H-pyrrole nitrogens is 1. The summed E-state index contributed by atoms with van der Waals surface area (Å²) >= 11 is 0. The number of carboxylic acid groups (broad SMARTS) is 1. The molecular weight excluding hydrogens is 366 g/mol. The van der Waals surface area contributed by atoms with Crippen molar-refractivity contribution in [1.82, 2.24) is 9.55 Å². The van der Waals surface area contributed by atoms with Crippen LogP contribution in [0.4, 0.5) is 5.69 Å². The second kappa shape index (κ2) is 7.23. The topological polar surface area (TPSA) is 148 Å². The molecule has 9 heteroatoms. The van der Waals surface area contributed by atoms with Gasteiger partial charge in [0.05, 0.1) is 16.9 Å². The minimum absolute atomic E-state index is 0.0851. The Bertz CT molecular complexity index is 1210. The number of rotatable bonds is 4. The molecule has 3 aromatic rings. The molecule has 28 heavy (non-hydrogen) atoms. The van der Waals surface area contributed by atoms with E-state index in [0.29, 0.717) is 5.69 Å². The van der Waals surface area contributed by atoms with Gasteiger partial charge in [-0.15, -0.1) is 0 Å². The number of nitrogens with zero attached hydrogens (tertiary/aromatic N) is 2. The number of aromatic carboxylic acids is 1. The van der Waals surface area contributed by atoms with Crippen LogP contribution in [0.5, 0.6) is 11.6 Å². The number of nitrogens with one attached hydrogen (secondary N) is 1. The summed E-state index contributed by atoms with van der Waals surface area (Å²) in [6.45, 7) is 1.86. The van der Waals surface area contributed by atoms with Crippen LogP contribution < -0.4 is 16.4 Å². The van der Waals surface area contributed by atoms with Crippen LogP contribution in [0.2, 0.25) is 0 Å². The van der Waals surface area contributed by atoms with Crippen LogP contribution in [0.1, 0.15) is 21.5 Å². The SMILES string of the molecule is Cc1ccc(-n2c(O)c(C=Nc3ccc(C(=O)O)c([O-])c3)c(=O)[nH]c2=O)cc1. The van der Waals surface area contributed by atoms with E-state index in [2.05, 4.69) is 9.98 Å². The number of carboxylic acids is 1. The van der Waals surface area contributed by atoms with Gasteiger partial charge in [0, 0.05) is 6.21 Å². The van der Waals surface area contributed by atoms with Gasteiger partial charge in [0.15, 0.2) is 0 Å². The highest BCUT2D eigenvalue weighted by molar-refractivity contribution is 5.91. The second-order valence-electron chi connectivity index (χ2n) is 5.91. The number of aryl methyl sites for hydroxylation is 1. The summed E-state index contributed by atoms with van der Waals surface area (Å²) < 4.78 is 0.911. The molecule has 0 fully saturated rings. The van der Waals surface area contributed by atoms with Gasteiger partial charge in [0.1, 0.15) is 5.56 Å². The predicted molar refractivity (Wildman–Crippen MR) is 99.2 cm³/mol. The molecular formula is C19H14N3O6-. The van der Waals surface area contributed by atoms with Crippen LogP contribution in [0.25, 0.3) is 5.69 Å². The minimum Gasteiger partial charge on any atom is -0.872 e. The lowest BCUT2D eigenvalue weighted by Gasteiger charge is -2.11. The normalized spacial score (nSPS) is 11.0. The van der Waals surface area contributed by atoms with Crippen LogP contribution in [-0.2, 0) is 0 Å². The van der Waals surface area contributed by atoms with E-state index in [4.69, 9.17) is 5.11 Å². The zero-order valence-corrected chi connectivity index (χ0v) is 14.5. The Balaban J connectivity index is 2.06. The van der Waals surface area contributed by atoms with E-state index >= 15 is 0 Å². The van der Waals surface area contributed by atoms with Crippen molar-refractivity contribution in [2.45, 2.75) is 6.92 Å². The molecule has 0 atom stereocenters. The summed E-state index contributed by atoms with van der Waals surface area (Å²) in [5.74, 6) is -2.73. The van der Waals surface area contributed by atoms with Crippen molar-refractivity contribution in [3.05, 3.63) is 80.0 Å². The Kier molecular flexibility index (Phi) is 4.82. The van der Waals surface area contributed by atoms with Crippen molar-refractivity contribution in [1.29, 1.82) is 0 Å². The van der Waals surface area contributed by atoms with Gasteiger partial charge in [-0.05, 0) is 37.3 Å². The quantitative estimate of drug-likeness (QED) is 0.577. The van der Waals surface area contributed by atoms with E-state index in [9.17, 15) is 24.6 Å². The van der Waals surface area contributed by atoms with Gasteiger partial charge in [-0.25, -0.2) is 14.2 Å². The summed E-state index contributed by atoms with van der Waals surface area (Å²) in [5, 5.41) is 31.0. The first-order valence-corrected chi connectivity index (χ1v) is 8.01. The molecule has 0 radical (unpaired) electrons. The van der Waals surface area contributed by atoms with Crippen molar-refractivity contribution in [2.24, 2.45) is 4.99 Å². The lowest BCUT2D eigenvalue weighted by molar-refractivity contribution is -0.268. The number of aromatic amines is 1. The van der Waals surface area contributed by atoms with Crippen LogP contribution in [0, 0.1) is 6.92 Å². The van der Waals surface area contributed by atoms with Gasteiger partial charge in [0.2, 0.25) is 5.88 Å². The molecule has 1 aromatic heterocycles. The molecule has 0 amide bonds. The molecule has 0 unspecified atom stereocenters. The van der Waals surface area contributed by atoms with E-state index in [-0.39, 0.29) is 11.3 Å². The highest BCUT2D eigenvalue weighted by Gasteiger charge is 2.14. The molecule has 0 saturated carbocycles. The molecule has 2 aromatic carbocycles. The first-order chi connectivity index (χ1) is 13.3. The first kappa shape index (κ1) is 18.6. The monoisotopic (exact) mass is 380 g/mol. The van der Waals surface area contributed by atoms with Crippen LogP contribution in [0.15, 0.2) is 57.0 Å². The maximum Gasteiger partial charge on any atom is 0.335 e. The fourth-order valence-electron chi connectivity index (χ4n) is 2.50. The van der Waals surface area contributed by atoms with Gasteiger partial charge in [-0.2, -0.15) is 0 Å². The van der Waals surface area contributed by atoms with E-state index < -0.39 is 34.4 Å². The molecule has 0 saturated heterocycles. The number of aromatic nitrogens is 2.